The number of hydrogen-bond acceptors (Lipinski definition) is 9. The van der Waals surface area contributed by atoms with Gasteiger partial charge in [0.2, 0.25) is 17.7 Å². The average molecular weight is 464 g/mol. The van der Waals surface area contributed by atoms with Crippen LogP contribution in [0.25, 0.3) is 0 Å². The van der Waals surface area contributed by atoms with Gasteiger partial charge in [0.25, 0.3) is 0 Å². The first-order valence-corrected chi connectivity index (χ1v) is 10.6. The molecule has 0 rings (SSSR count). The van der Waals surface area contributed by atoms with Crippen LogP contribution in [0.1, 0.15) is 25.7 Å². The minimum absolute atomic E-state index is 0.127. The lowest BCUT2D eigenvalue weighted by molar-refractivity contribution is -0.139. The third-order valence-electron chi connectivity index (χ3n) is 3.95. The van der Waals surface area contributed by atoms with Crippen LogP contribution in [-0.4, -0.2) is 94.0 Å². The van der Waals surface area contributed by atoms with Gasteiger partial charge in [0, 0.05) is 6.42 Å². The Morgan fingerprint density at radius 3 is 2.00 bits per heavy atom. The molecule has 31 heavy (non-hydrogen) atoms. The minimum atomic E-state index is -1.46. The summed E-state index contributed by atoms with van der Waals surface area (Å²) in [5.74, 6) is -4.60. The summed E-state index contributed by atoms with van der Waals surface area (Å²) in [6.07, 6.45) is 0.954. The van der Waals surface area contributed by atoms with E-state index in [2.05, 4.69) is 16.0 Å². The number of carboxylic acids is 2. The molecule has 0 aromatic heterocycles. The summed E-state index contributed by atoms with van der Waals surface area (Å²) in [5.41, 5.74) is 5.56. The van der Waals surface area contributed by atoms with Crippen molar-refractivity contribution in [3.8, 4) is 0 Å². The van der Waals surface area contributed by atoms with Crippen LogP contribution in [0.4, 0.5) is 0 Å². The topological polar surface area (TPSA) is 225 Å². The average Bonchev–Trinajstić information content (AvgIpc) is 2.71. The molecule has 0 fully saturated rings. The van der Waals surface area contributed by atoms with Gasteiger partial charge in [-0.15, -0.1) is 0 Å². The first-order chi connectivity index (χ1) is 14.5. The Morgan fingerprint density at radius 1 is 0.935 bits per heavy atom. The molecule has 176 valence electrons. The molecule has 0 saturated heterocycles. The molecule has 0 radical (unpaired) electrons. The van der Waals surface area contributed by atoms with Crippen LogP contribution in [0.15, 0.2) is 0 Å². The number of rotatable bonds is 16. The van der Waals surface area contributed by atoms with Gasteiger partial charge in [0.05, 0.1) is 25.1 Å². The number of aliphatic hydroxyl groups is 1. The number of carboxylic acid groups (broad SMARTS) is 2. The lowest BCUT2D eigenvalue weighted by atomic mass is 10.1. The SMILES string of the molecule is CSCC[C@H](NC(=O)[C@H](CO)NC(=O)[C@@H](N)CCC(=O)O)C(=O)N[C@H](C=O)CC(=O)O. The molecule has 0 aliphatic carbocycles. The quantitative estimate of drug-likeness (QED) is 0.114. The fourth-order valence-corrected chi connectivity index (χ4v) is 2.74. The molecular formula is C17H28N4O9S. The Hall–Kier alpha value is -2.71. The second-order valence-corrected chi connectivity index (χ2v) is 7.46. The molecule has 8 N–H and O–H groups in total. The summed E-state index contributed by atoms with van der Waals surface area (Å²) in [4.78, 5) is 69.1. The number of aliphatic carboxylic acids is 2. The zero-order valence-electron chi connectivity index (χ0n) is 16.9. The number of hydrogen-bond donors (Lipinski definition) is 7. The highest BCUT2D eigenvalue weighted by molar-refractivity contribution is 7.98. The van der Waals surface area contributed by atoms with E-state index in [1.54, 1.807) is 6.26 Å². The van der Waals surface area contributed by atoms with Crippen molar-refractivity contribution in [2.75, 3.05) is 18.6 Å². The molecule has 3 amide bonds. The molecule has 0 heterocycles. The number of amides is 3. The van der Waals surface area contributed by atoms with Gasteiger partial charge in [0.1, 0.15) is 18.4 Å². The largest absolute Gasteiger partial charge is 0.481 e. The molecule has 0 unspecified atom stereocenters. The van der Waals surface area contributed by atoms with Crippen LogP contribution in [0.3, 0.4) is 0 Å². The minimum Gasteiger partial charge on any atom is -0.481 e. The van der Waals surface area contributed by atoms with Crippen molar-refractivity contribution in [3.63, 3.8) is 0 Å². The smallest absolute Gasteiger partial charge is 0.305 e. The predicted octanol–water partition coefficient (Wildman–Crippen LogP) is -2.95. The van der Waals surface area contributed by atoms with Crippen molar-refractivity contribution in [2.45, 2.75) is 49.9 Å². The standard InChI is InChI=1S/C17H28N4O9S/c1-31-5-4-11(16(29)19-9(7-22)6-14(26)27)20-17(30)12(8-23)21-15(28)10(18)2-3-13(24)25/h7,9-12,23H,2-6,8,18H2,1H3,(H,19,29)(H,20,30)(H,21,28)(H,24,25)(H,26,27)/t9-,10-,11-,12-/m0/s1. The van der Waals surface area contributed by atoms with Crippen molar-refractivity contribution in [1.29, 1.82) is 0 Å². The van der Waals surface area contributed by atoms with E-state index < -0.39 is 66.9 Å². The summed E-state index contributed by atoms with van der Waals surface area (Å²) < 4.78 is 0. The summed E-state index contributed by atoms with van der Waals surface area (Å²) in [6, 6.07) is -5.14. The van der Waals surface area contributed by atoms with Gasteiger partial charge < -0.3 is 41.8 Å². The van der Waals surface area contributed by atoms with Crippen LogP contribution in [0.2, 0.25) is 0 Å². The first-order valence-electron chi connectivity index (χ1n) is 9.21. The van der Waals surface area contributed by atoms with Gasteiger partial charge >= 0.3 is 11.9 Å². The summed E-state index contributed by atoms with van der Waals surface area (Å²) >= 11 is 1.37. The maximum Gasteiger partial charge on any atom is 0.305 e. The molecule has 0 aliphatic heterocycles. The number of carbonyl (C=O) groups is 6. The van der Waals surface area contributed by atoms with E-state index in [4.69, 9.17) is 15.9 Å². The van der Waals surface area contributed by atoms with Crippen molar-refractivity contribution < 1.29 is 44.1 Å². The van der Waals surface area contributed by atoms with E-state index in [-0.39, 0.29) is 25.5 Å². The predicted molar refractivity (Wildman–Crippen MR) is 109 cm³/mol. The third kappa shape index (κ3) is 11.9. The number of nitrogens with one attached hydrogen (secondary N) is 3. The number of thioether (sulfide) groups is 1. The van der Waals surface area contributed by atoms with Crippen LogP contribution >= 0.6 is 11.8 Å². The van der Waals surface area contributed by atoms with Crippen molar-refractivity contribution in [1.82, 2.24) is 16.0 Å². The third-order valence-corrected chi connectivity index (χ3v) is 4.60. The van der Waals surface area contributed by atoms with E-state index in [1.165, 1.54) is 11.8 Å². The second kappa shape index (κ2) is 15.1. The molecule has 4 atom stereocenters. The zero-order valence-corrected chi connectivity index (χ0v) is 17.7. The second-order valence-electron chi connectivity index (χ2n) is 6.47. The maximum absolute atomic E-state index is 12.4. The summed E-state index contributed by atoms with van der Waals surface area (Å²) in [6.45, 7) is -0.823. The Balaban J connectivity index is 5.09. The van der Waals surface area contributed by atoms with Crippen LogP contribution in [-0.2, 0) is 28.8 Å². The van der Waals surface area contributed by atoms with E-state index >= 15 is 0 Å². The van der Waals surface area contributed by atoms with Crippen molar-refractivity contribution in [3.05, 3.63) is 0 Å². The highest BCUT2D eigenvalue weighted by atomic mass is 32.2. The summed E-state index contributed by atoms with van der Waals surface area (Å²) in [7, 11) is 0. The molecule has 0 aromatic rings. The van der Waals surface area contributed by atoms with E-state index in [0.717, 1.165) is 0 Å². The van der Waals surface area contributed by atoms with Crippen molar-refractivity contribution in [2.24, 2.45) is 5.73 Å². The highest BCUT2D eigenvalue weighted by Gasteiger charge is 2.29. The number of aliphatic hydroxyl groups excluding tert-OH is 1. The Morgan fingerprint density at radius 2 is 1.52 bits per heavy atom. The highest BCUT2D eigenvalue weighted by Crippen LogP contribution is 2.03. The molecule has 0 saturated carbocycles. The lowest BCUT2D eigenvalue weighted by Crippen LogP contribution is -2.57. The molecule has 14 heteroatoms. The molecule has 0 bridgehead atoms. The number of nitrogens with two attached hydrogens (primary N) is 1. The first kappa shape index (κ1) is 28.3. The Kier molecular flexibility index (Phi) is 13.8. The molecule has 0 spiro atoms. The summed E-state index contributed by atoms with van der Waals surface area (Å²) in [5, 5.41) is 33.6. The molecule has 0 aromatic carbocycles. The van der Waals surface area contributed by atoms with Crippen LogP contribution in [0, 0.1) is 0 Å². The van der Waals surface area contributed by atoms with Gasteiger partial charge in [-0.2, -0.15) is 11.8 Å². The normalized spacial score (nSPS) is 14.4. The lowest BCUT2D eigenvalue weighted by Gasteiger charge is -2.23. The number of carbonyl (C=O) groups excluding carboxylic acids is 4. The van der Waals surface area contributed by atoms with Gasteiger partial charge in [-0.3, -0.25) is 24.0 Å². The fourth-order valence-electron chi connectivity index (χ4n) is 2.26. The number of aldehydes is 1. The van der Waals surface area contributed by atoms with E-state index in [1.807, 2.05) is 0 Å². The van der Waals surface area contributed by atoms with Gasteiger partial charge in [-0.25, -0.2) is 0 Å². The van der Waals surface area contributed by atoms with Crippen LogP contribution in [0.5, 0.6) is 0 Å². The molecule has 13 nitrogen and oxygen atoms in total. The molecular weight excluding hydrogens is 436 g/mol. The van der Waals surface area contributed by atoms with Crippen LogP contribution < -0.4 is 21.7 Å². The Bertz CT molecular complexity index is 662. The van der Waals surface area contributed by atoms with E-state index in [0.29, 0.717) is 5.75 Å². The van der Waals surface area contributed by atoms with Crippen molar-refractivity contribution >= 4 is 47.7 Å². The fraction of sp³-hybridized carbons (Fsp3) is 0.647. The monoisotopic (exact) mass is 464 g/mol. The van der Waals surface area contributed by atoms with Gasteiger partial charge in [-0.05, 0) is 24.9 Å². The molecule has 0 aliphatic rings. The zero-order chi connectivity index (χ0) is 24.0. The van der Waals surface area contributed by atoms with Gasteiger partial charge in [0.15, 0.2) is 0 Å². The van der Waals surface area contributed by atoms with E-state index in [9.17, 15) is 33.9 Å². The van der Waals surface area contributed by atoms with Gasteiger partial charge in [-0.1, -0.05) is 0 Å². The Labute approximate surface area is 182 Å². The maximum atomic E-state index is 12.4.